The lowest BCUT2D eigenvalue weighted by atomic mass is 10.2. The molecule has 0 saturated heterocycles. The lowest BCUT2D eigenvalue weighted by Crippen LogP contribution is -1.72. The molecular formula is C10H8N2O. The van der Waals surface area contributed by atoms with Crippen molar-refractivity contribution in [2.45, 2.75) is 6.92 Å². The summed E-state index contributed by atoms with van der Waals surface area (Å²) in [6.45, 7) is 2.04. The lowest BCUT2D eigenvalue weighted by molar-refractivity contribution is 0.665. The fourth-order valence-corrected chi connectivity index (χ4v) is 1.64. The van der Waals surface area contributed by atoms with E-state index in [2.05, 4.69) is 10.2 Å². The summed E-state index contributed by atoms with van der Waals surface area (Å²) in [5, 5.41) is 7.95. The topological polar surface area (TPSA) is 41.8 Å². The van der Waals surface area contributed by atoms with Crippen LogP contribution in [0, 0.1) is 6.92 Å². The van der Waals surface area contributed by atoms with Crippen LogP contribution in [0.25, 0.3) is 22.1 Å². The van der Waals surface area contributed by atoms with Crippen LogP contribution in [0.5, 0.6) is 0 Å². The van der Waals surface area contributed by atoms with Crippen molar-refractivity contribution in [3.8, 4) is 0 Å². The van der Waals surface area contributed by atoms with E-state index in [-0.39, 0.29) is 0 Å². The van der Waals surface area contributed by atoms with Crippen molar-refractivity contribution in [1.82, 2.24) is 10.2 Å². The Morgan fingerprint density at radius 3 is 3.23 bits per heavy atom. The van der Waals surface area contributed by atoms with E-state index in [4.69, 9.17) is 4.42 Å². The van der Waals surface area contributed by atoms with Crippen LogP contribution >= 0.6 is 0 Å². The zero-order chi connectivity index (χ0) is 8.84. The lowest BCUT2D eigenvalue weighted by Gasteiger charge is -1.91. The molecule has 3 aromatic rings. The fourth-order valence-electron chi connectivity index (χ4n) is 1.64. The predicted molar refractivity (Wildman–Crippen MR) is 50.6 cm³/mol. The minimum atomic E-state index is 0.823. The Balaban J connectivity index is 2.66. The highest BCUT2D eigenvalue weighted by atomic mass is 16.3. The Hall–Kier alpha value is -1.77. The number of aromatic amines is 1. The highest BCUT2D eigenvalue weighted by Gasteiger charge is 2.08. The Bertz CT molecular complexity index is 577. The van der Waals surface area contributed by atoms with Crippen molar-refractivity contribution < 1.29 is 4.42 Å². The molecule has 0 atom stereocenters. The van der Waals surface area contributed by atoms with Crippen LogP contribution in [-0.4, -0.2) is 10.2 Å². The number of H-pyrrole nitrogens is 1. The van der Waals surface area contributed by atoms with Crippen LogP contribution in [0.3, 0.4) is 0 Å². The number of aryl methyl sites for hydroxylation is 1. The Labute approximate surface area is 74.4 Å². The summed E-state index contributed by atoms with van der Waals surface area (Å²) in [6.07, 6.45) is 1.70. The summed E-state index contributed by atoms with van der Waals surface area (Å²) >= 11 is 0. The number of aromatic nitrogens is 2. The first-order valence-electron chi connectivity index (χ1n) is 4.17. The first-order valence-corrected chi connectivity index (χ1v) is 4.17. The molecule has 3 heteroatoms. The second kappa shape index (κ2) is 2.13. The maximum absolute atomic E-state index is 5.63. The average molecular weight is 172 g/mol. The molecule has 3 rings (SSSR count). The van der Waals surface area contributed by atoms with Crippen molar-refractivity contribution in [3.05, 3.63) is 30.0 Å². The highest BCUT2D eigenvalue weighted by Crippen LogP contribution is 2.28. The smallest absolute Gasteiger partial charge is 0.173 e. The van der Waals surface area contributed by atoms with Crippen LogP contribution in [0.4, 0.5) is 0 Å². The SMILES string of the molecule is Cc1cccc2c1oc1cn[nH]c12. The minimum Gasteiger partial charge on any atom is -0.452 e. The molecule has 0 aliphatic carbocycles. The molecule has 0 bridgehead atoms. The van der Waals surface area contributed by atoms with Gasteiger partial charge < -0.3 is 4.42 Å². The van der Waals surface area contributed by atoms with Crippen LogP contribution in [0.1, 0.15) is 5.56 Å². The molecule has 0 radical (unpaired) electrons. The van der Waals surface area contributed by atoms with Gasteiger partial charge in [0.05, 0.1) is 6.20 Å². The summed E-state index contributed by atoms with van der Waals surface area (Å²) in [5.41, 5.74) is 3.91. The molecule has 1 aromatic carbocycles. The zero-order valence-electron chi connectivity index (χ0n) is 7.16. The molecule has 0 saturated carbocycles. The maximum Gasteiger partial charge on any atom is 0.173 e. The molecule has 0 aliphatic rings. The maximum atomic E-state index is 5.63. The van der Waals surface area contributed by atoms with Crippen molar-refractivity contribution in [3.63, 3.8) is 0 Å². The molecular weight excluding hydrogens is 164 g/mol. The van der Waals surface area contributed by atoms with E-state index < -0.39 is 0 Å². The third-order valence-electron chi connectivity index (χ3n) is 2.30. The molecule has 13 heavy (non-hydrogen) atoms. The van der Waals surface area contributed by atoms with Crippen LogP contribution < -0.4 is 0 Å². The van der Waals surface area contributed by atoms with Gasteiger partial charge >= 0.3 is 0 Å². The number of para-hydroxylation sites is 1. The van der Waals surface area contributed by atoms with Gasteiger partial charge in [-0.3, -0.25) is 5.10 Å². The van der Waals surface area contributed by atoms with Gasteiger partial charge in [-0.05, 0) is 18.6 Å². The van der Waals surface area contributed by atoms with E-state index in [0.29, 0.717) is 0 Å². The van der Waals surface area contributed by atoms with E-state index in [9.17, 15) is 0 Å². The van der Waals surface area contributed by atoms with Gasteiger partial charge in [0.25, 0.3) is 0 Å². The van der Waals surface area contributed by atoms with Crippen LogP contribution in [-0.2, 0) is 0 Å². The molecule has 2 aromatic heterocycles. The van der Waals surface area contributed by atoms with E-state index in [1.165, 1.54) is 0 Å². The monoisotopic (exact) mass is 172 g/mol. The summed E-state index contributed by atoms with van der Waals surface area (Å²) in [5.74, 6) is 0. The Morgan fingerprint density at radius 2 is 2.31 bits per heavy atom. The molecule has 1 N–H and O–H groups in total. The molecule has 3 nitrogen and oxygen atoms in total. The fraction of sp³-hybridized carbons (Fsp3) is 0.100. The molecule has 0 spiro atoms. The van der Waals surface area contributed by atoms with E-state index in [1.807, 2.05) is 25.1 Å². The number of nitrogens with zero attached hydrogens (tertiary/aromatic N) is 1. The second-order valence-electron chi connectivity index (χ2n) is 3.16. The Morgan fingerprint density at radius 1 is 1.38 bits per heavy atom. The third-order valence-corrected chi connectivity index (χ3v) is 2.30. The van der Waals surface area contributed by atoms with Crippen molar-refractivity contribution in [2.24, 2.45) is 0 Å². The third kappa shape index (κ3) is 0.758. The first kappa shape index (κ1) is 6.71. The van der Waals surface area contributed by atoms with Gasteiger partial charge in [-0.2, -0.15) is 5.10 Å². The number of hydrogen-bond donors (Lipinski definition) is 1. The molecule has 2 heterocycles. The van der Waals surface area contributed by atoms with Crippen molar-refractivity contribution >= 4 is 22.1 Å². The van der Waals surface area contributed by atoms with Gasteiger partial charge in [-0.15, -0.1) is 0 Å². The number of benzene rings is 1. The van der Waals surface area contributed by atoms with Gasteiger partial charge in [0.2, 0.25) is 0 Å². The molecule has 64 valence electrons. The van der Waals surface area contributed by atoms with E-state index in [0.717, 1.165) is 27.6 Å². The summed E-state index contributed by atoms with van der Waals surface area (Å²) in [4.78, 5) is 0. The van der Waals surface area contributed by atoms with E-state index >= 15 is 0 Å². The molecule has 0 amide bonds. The average Bonchev–Trinajstić information content (AvgIpc) is 2.65. The number of fused-ring (bicyclic) bond motifs is 3. The van der Waals surface area contributed by atoms with Gasteiger partial charge in [-0.25, -0.2) is 0 Å². The number of nitrogens with one attached hydrogen (secondary N) is 1. The summed E-state index contributed by atoms with van der Waals surface area (Å²) in [7, 11) is 0. The zero-order valence-corrected chi connectivity index (χ0v) is 7.16. The number of furan rings is 1. The summed E-state index contributed by atoms with van der Waals surface area (Å²) in [6, 6.07) is 6.10. The Kier molecular flexibility index (Phi) is 1.10. The molecule has 0 fully saturated rings. The standard InChI is InChI=1S/C10H8N2O/c1-6-3-2-4-7-9-8(5-11-12-9)13-10(6)7/h2-5H,1H3,(H,11,12). The quantitative estimate of drug-likeness (QED) is 0.566. The van der Waals surface area contributed by atoms with Crippen molar-refractivity contribution in [2.75, 3.05) is 0 Å². The molecule has 0 aliphatic heterocycles. The minimum absolute atomic E-state index is 0.823. The van der Waals surface area contributed by atoms with Gasteiger partial charge in [0.1, 0.15) is 11.1 Å². The van der Waals surface area contributed by atoms with Crippen LogP contribution in [0.2, 0.25) is 0 Å². The number of hydrogen-bond acceptors (Lipinski definition) is 2. The van der Waals surface area contributed by atoms with Gasteiger partial charge in [0, 0.05) is 5.39 Å². The largest absolute Gasteiger partial charge is 0.452 e. The van der Waals surface area contributed by atoms with Gasteiger partial charge in [-0.1, -0.05) is 12.1 Å². The predicted octanol–water partition coefficient (Wildman–Crippen LogP) is 2.62. The van der Waals surface area contributed by atoms with Crippen molar-refractivity contribution in [1.29, 1.82) is 0 Å². The summed E-state index contributed by atoms with van der Waals surface area (Å²) < 4.78 is 5.63. The number of rotatable bonds is 0. The molecule has 0 unspecified atom stereocenters. The highest BCUT2D eigenvalue weighted by molar-refractivity contribution is 6.03. The van der Waals surface area contributed by atoms with Gasteiger partial charge in [0.15, 0.2) is 5.58 Å². The second-order valence-corrected chi connectivity index (χ2v) is 3.16. The normalized spacial score (nSPS) is 11.5. The van der Waals surface area contributed by atoms with Crippen LogP contribution in [0.15, 0.2) is 28.8 Å². The first-order chi connectivity index (χ1) is 6.36. The van der Waals surface area contributed by atoms with E-state index in [1.54, 1.807) is 6.20 Å².